The van der Waals surface area contributed by atoms with Crippen LogP contribution in [-0.4, -0.2) is 37.2 Å². The summed E-state index contributed by atoms with van der Waals surface area (Å²) in [6, 6.07) is 3.65. The number of carbonyl (C=O) groups is 1. The van der Waals surface area contributed by atoms with Crippen molar-refractivity contribution in [1.29, 1.82) is 0 Å². The SMILES string of the molecule is CCCCCCC#Cc1nc(Cl)c2nc(-c3ccc(C)o3)n([C@@H]3OCC[C@@H]3CC(=O)O)c2n1. The fraction of sp³-hybridized carbons (Fsp3) is 0.500. The molecule has 0 spiro atoms. The first kappa shape index (κ1) is 23.3. The van der Waals surface area contributed by atoms with Crippen LogP contribution >= 0.6 is 11.6 Å². The van der Waals surface area contributed by atoms with Gasteiger partial charge in [0.1, 0.15) is 17.5 Å². The minimum absolute atomic E-state index is 0.0236. The van der Waals surface area contributed by atoms with Gasteiger partial charge in [0.05, 0.1) is 6.42 Å². The average molecular weight is 471 g/mol. The number of ether oxygens (including phenoxy) is 1. The van der Waals surface area contributed by atoms with Crippen molar-refractivity contribution < 1.29 is 19.1 Å². The van der Waals surface area contributed by atoms with Crippen LogP contribution in [0.15, 0.2) is 16.5 Å². The molecule has 33 heavy (non-hydrogen) atoms. The number of aryl methyl sites for hydroxylation is 1. The fourth-order valence-electron chi connectivity index (χ4n) is 4.08. The average Bonchev–Trinajstić information content (AvgIpc) is 3.48. The predicted octanol–water partition coefficient (Wildman–Crippen LogP) is 5.38. The highest BCUT2D eigenvalue weighted by atomic mass is 35.5. The summed E-state index contributed by atoms with van der Waals surface area (Å²) in [4.78, 5) is 25.1. The van der Waals surface area contributed by atoms with Crippen LogP contribution in [-0.2, 0) is 9.53 Å². The van der Waals surface area contributed by atoms with Crippen LogP contribution in [0.3, 0.4) is 0 Å². The Labute approximate surface area is 197 Å². The molecule has 4 heterocycles. The number of imidazole rings is 1. The van der Waals surface area contributed by atoms with Crippen LogP contribution in [0.2, 0.25) is 5.15 Å². The van der Waals surface area contributed by atoms with Gasteiger partial charge in [0.15, 0.2) is 22.4 Å². The van der Waals surface area contributed by atoms with Crippen LogP contribution in [0, 0.1) is 24.7 Å². The molecule has 174 valence electrons. The molecule has 1 N–H and O–H groups in total. The quantitative estimate of drug-likeness (QED) is 0.268. The molecule has 0 unspecified atom stereocenters. The van der Waals surface area contributed by atoms with E-state index in [1.807, 2.05) is 19.1 Å². The number of hydrogen-bond acceptors (Lipinski definition) is 6. The van der Waals surface area contributed by atoms with E-state index in [1.54, 1.807) is 4.57 Å². The van der Waals surface area contributed by atoms with Crippen molar-refractivity contribution in [3.05, 3.63) is 28.9 Å². The largest absolute Gasteiger partial charge is 0.481 e. The molecular formula is C24H27ClN4O4. The summed E-state index contributed by atoms with van der Waals surface area (Å²) in [6.45, 7) is 4.46. The maximum absolute atomic E-state index is 11.4. The molecule has 0 saturated carbocycles. The van der Waals surface area contributed by atoms with Crippen LogP contribution in [0.5, 0.6) is 0 Å². The highest BCUT2D eigenvalue weighted by Crippen LogP contribution is 2.39. The van der Waals surface area contributed by atoms with Crippen LogP contribution in [0.4, 0.5) is 0 Å². The zero-order valence-corrected chi connectivity index (χ0v) is 19.6. The van der Waals surface area contributed by atoms with Gasteiger partial charge < -0.3 is 14.3 Å². The van der Waals surface area contributed by atoms with Gasteiger partial charge in [-0.15, -0.1) is 0 Å². The van der Waals surface area contributed by atoms with Gasteiger partial charge in [-0.3, -0.25) is 9.36 Å². The number of nitrogens with zero attached hydrogens (tertiary/aromatic N) is 4. The summed E-state index contributed by atoms with van der Waals surface area (Å²) >= 11 is 6.49. The van der Waals surface area contributed by atoms with Gasteiger partial charge in [0, 0.05) is 18.9 Å². The molecule has 3 aromatic heterocycles. The molecule has 0 amide bonds. The van der Waals surface area contributed by atoms with E-state index in [0.29, 0.717) is 41.6 Å². The van der Waals surface area contributed by atoms with Crippen molar-refractivity contribution in [2.45, 2.75) is 65.0 Å². The van der Waals surface area contributed by atoms with Crippen LogP contribution in [0.1, 0.15) is 69.7 Å². The van der Waals surface area contributed by atoms with Crippen molar-refractivity contribution in [2.24, 2.45) is 5.92 Å². The molecular weight excluding hydrogens is 444 g/mol. The van der Waals surface area contributed by atoms with Gasteiger partial charge in [0.2, 0.25) is 5.82 Å². The standard InChI is InChI=1S/C24H27ClN4O4/c1-3-4-5-6-7-8-9-18-26-21(25)20-23(27-18)29(22(28-20)17-11-10-15(2)33-17)24-16(12-13-32-24)14-19(30)31/h10-11,16,24H,3-7,12-14H2,1-2H3,(H,30,31)/t16-,24-/m1/s1. The number of halogens is 1. The van der Waals surface area contributed by atoms with Gasteiger partial charge >= 0.3 is 5.97 Å². The number of unbranched alkanes of at least 4 members (excludes halogenated alkanes) is 4. The molecule has 0 bridgehead atoms. The summed E-state index contributed by atoms with van der Waals surface area (Å²) < 4.78 is 13.6. The molecule has 1 fully saturated rings. The highest BCUT2D eigenvalue weighted by Gasteiger charge is 2.36. The maximum atomic E-state index is 11.4. The lowest BCUT2D eigenvalue weighted by Crippen LogP contribution is -2.19. The molecule has 8 nitrogen and oxygen atoms in total. The van der Waals surface area contributed by atoms with E-state index < -0.39 is 12.2 Å². The van der Waals surface area contributed by atoms with Gasteiger partial charge in [0.25, 0.3) is 0 Å². The molecule has 0 aromatic carbocycles. The van der Waals surface area contributed by atoms with Crippen molar-refractivity contribution >= 4 is 28.7 Å². The second-order valence-corrected chi connectivity index (χ2v) is 8.60. The van der Waals surface area contributed by atoms with Gasteiger partial charge in [-0.2, -0.15) is 0 Å². The Hall–Kier alpha value is -2.89. The van der Waals surface area contributed by atoms with Crippen molar-refractivity contribution in [1.82, 2.24) is 19.5 Å². The lowest BCUT2D eigenvalue weighted by atomic mass is 10.0. The van der Waals surface area contributed by atoms with Crippen LogP contribution < -0.4 is 0 Å². The first-order valence-electron chi connectivity index (χ1n) is 11.3. The van der Waals surface area contributed by atoms with E-state index in [0.717, 1.165) is 25.0 Å². The van der Waals surface area contributed by atoms with E-state index in [9.17, 15) is 9.90 Å². The number of carboxylic acid groups (broad SMARTS) is 1. The zero-order valence-electron chi connectivity index (χ0n) is 18.8. The third kappa shape index (κ3) is 5.21. The lowest BCUT2D eigenvalue weighted by molar-refractivity contribution is -0.139. The first-order valence-corrected chi connectivity index (χ1v) is 11.7. The number of carboxylic acids is 1. The molecule has 1 aliphatic rings. The third-order valence-electron chi connectivity index (χ3n) is 5.69. The van der Waals surface area contributed by atoms with Gasteiger partial charge in [-0.25, -0.2) is 15.0 Å². The Bertz CT molecular complexity index is 1210. The molecule has 1 saturated heterocycles. The second-order valence-electron chi connectivity index (χ2n) is 8.25. The number of hydrogen-bond donors (Lipinski definition) is 1. The molecule has 9 heteroatoms. The number of aromatic nitrogens is 4. The molecule has 0 radical (unpaired) electrons. The Morgan fingerprint density at radius 1 is 1.27 bits per heavy atom. The van der Waals surface area contributed by atoms with E-state index in [-0.39, 0.29) is 17.5 Å². The Morgan fingerprint density at radius 2 is 2.12 bits per heavy atom. The summed E-state index contributed by atoms with van der Waals surface area (Å²) in [5.74, 6) is 7.05. The molecule has 3 aromatic rings. The van der Waals surface area contributed by atoms with Crippen molar-refractivity contribution in [2.75, 3.05) is 6.61 Å². The molecule has 0 aliphatic carbocycles. The molecule has 1 aliphatic heterocycles. The summed E-state index contributed by atoms with van der Waals surface area (Å²) in [6.07, 6.45) is 5.35. The van der Waals surface area contributed by atoms with Crippen molar-refractivity contribution in [3.8, 4) is 23.4 Å². The van der Waals surface area contributed by atoms with Crippen LogP contribution in [0.25, 0.3) is 22.7 Å². The first-order chi connectivity index (χ1) is 16.0. The van der Waals surface area contributed by atoms with E-state index in [1.165, 1.54) is 12.8 Å². The number of fused-ring (bicyclic) bond motifs is 1. The lowest BCUT2D eigenvalue weighted by Gasteiger charge is -2.20. The summed E-state index contributed by atoms with van der Waals surface area (Å²) in [5, 5.41) is 9.58. The number of aliphatic carboxylic acids is 1. The number of rotatable bonds is 8. The summed E-state index contributed by atoms with van der Waals surface area (Å²) in [5.41, 5.74) is 0.857. The third-order valence-corrected chi connectivity index (χ3v) is 5.95. The smallest absolute Gasteiger partial charge is 0.303 e. The number of furan rings is 1. The second kappa shape index (κ2) is 10.4. The molecule has 2 atom stereocenters. The Balaban J connectivity index is 1.77. The zero-order chi connectivity index (χ0) is 23.4. The minimum Gasteiger partial charge on any atom is -0.481 e. The minimum atomic E-state index is -0.877. The van der Waals surface area contributed by atoms with E-state index in [4.69, 9.17) is 20.8 Å². The predicted molar refractivity (Wildman–Crippen MR) is 124 cm³/mol. The van der Waals surface area contributed by atoms with Gasteiger partial charge in [-0.05, 0) is 37.8 Å². The summed E-state index contributed by atoms with van der Waals surface area (Å²) in [7, 11) is 0. The highest BCUT2D eigenvalue weighted by molar-refractivity contribution is 6.33. The van der Waals surface area contributed by atoms with E-state index in [2.05, 4.69) is 33.7 Å². The fourth-order valence-corrected chi connectivity index (χ4v) is 4.29. The normalized spacial score (nSPS) is 17.9. The van der Waals surface area contributed by atoms with E-state index >= 15 is 0 Å². The Kier molecular flexibility index (Phi) is 7.31. The van der Waals surface area contributed by atoms with Gasteiger partial charge in [-0.1, -0.05) is 43.7 Å². The maximum Gasteiger partial charge on any atom is 0.303 e. The topological polar surface area (TPSA) is 103 Å². The monoisotopic (exact) mass is 470 g/mol. The molecule has 4 rings (SSSR count). The van der Waals surface area contributed by atoms with Crippen molar-refractivity contribution in [3.63, 3.8) is 0 Å². The Morgan fingerprint density at radius 3 is 2.85 bits per heavy atom.